The van der Waals surface area contributed by atoms with E-state index in [4.69, 9.17) is 12.2 Å². The monoisotopic (exact) mass is 250 g/mol. The van der Waals surface area contributed by atoms with Gasteiger partial charge >= 0.3 is 0 Å². The molecule has 1 aromatic rings. The van der Waals surface area contributed by atoms with Gasteiger partial charge in [0, 0.05) is 0 Å². The molecule has 84 valence electrons. The molecular weight excluding hydrogens is 236 g/mol. The first-order chi connectivity index (χ1) is 7.72. The first-order valence-corrected chi connectivity index (χ1v) is 6.47. The first-order valence-electron chi connectivity index (χ1n) is 4.84. The lowest BCUT2D eigenvalue weighted by molar-refractivity contribution is 1.06. The molecule has 2 nitrogen and oxygen atoms in total. The van der Waals surface area contributed by atoms with Crippen molar-refractivity contribution < 1.29 is 0 Å². The molecule has 0 saturated carbocycles. The van der Waals surface area contributed by atoms with Gasteiger partial charge in [0.2, 0.25) is 0 Å². The smallest absolute Gasteiger partial charge is 0.153 e. The van der Waals surface area contributed by atoms with Crippen LogP contribution in [0.1, 0.15) is 12.5 Å². The Hall–Kier alpha value is -1.13. The van der Waals surface area contributed by atoms with Gasteiger partial charge in [-0.05, 0) is 24.8 Å². The van der Waals surface area contributed by atoms with E-state index in [0.29, 0.717) is 4.32 Å². The molecule has 0 saturated heterocycles. The lowest BCUT2D eigenvalue weighted by Gasteiger charge is -1.98. The van der Waals surface area contributed by atoms with Crippen LogP contribution in [0.3, 0.4) is 0 Å². The minimum Gasteiger partial charge on any atom is -0.262 e. The van der Waals surface area contributed by atoms with Crippen LogP contribution >= 0.6 is 24.0 Å². The maximum absolute atomic E-state index is 4.97. The number of thioether (sulfide) groups is 1. The predicted molar refractivity (Wildman–Crippen MR) is 77.8 cm³/mol. The number of hydrogen-bond acceptors (Lipinski definition) is 3. The fraction of sp³-hybridized carbons (Fsp3) is 0.167. The Bertz CT molecular complexity index is 397. The fourth-order valence-electron chi connectivity index (χ4n) is 0.998. The van der Waals surface area contributed by atoms with Crippen molar-refractivity contribution in [2.75, 3.05) is 6.26 Å². The molecule has 0 amide bonds. The van der Waals surface area contributed by atoms with Gasteiger partial charge in [-0.15, -0.1) is 0 Å². The Labute approximate surface area is 106 Å². The molecule has 1 aromatic carbocycles. The number of nitrogens with zero attached hydrogens (tertiary/aromatic N) is 1. The van der Waals surface area contributed by atoms with Gasteiger partial charge in [0.25, 0.3) is 0 Å². The second-order valence-corrected chi connectivity index (χ2v) is 4.58. The van der Waals surface area contributed by atoms with Gasteiger partial charge in [-0.1, -0.05) is 60.4 Å². The second-order valence-electron chi connectivity index (χ2n) is 3.10. The number of benzene rings is 1. The van der Waals surface area contributed by atoms with Crippen molar-refractivity contribution >= 4 is 40.1 Å². The van der Waals surface area contributed by atoms with E-state index < -0.39 is 0 Å². The molecule has 0 aromatic heterocycles. The highest BCUT2D eigenvalue weighted by atomic mass is 32.2. The van der Waals surface area contributed by atoms with Gasteiger partial charge in [-0.3, -0.25) is 5.43 Å². The molecular formula is C12H14N2S2. The Balaban J connectivity index is 2.54. The largest absolute Gasteiger partial charge is 0.262 e. The summed E-state index contributed by atoms with van der Waals surface area (Å²) in [7, 11) is 0. The van der Waals surface area contributed by atoms with Crippen LogP contribution in [0.2, 0.25) is 0 Å². The second kappa shape index (κ2) is 7.19. The van der Waals surface area contributed by atoms with Crippen LogP contribution in [0.25, 0.3) is 6.08 Å². The topological polar surface area (TPSA) is 24.4 Å². The van der Waals surface area contributed by atoms with Gasteiger partial charge in [0.05, 0.1) is 5.71 Å². The van der Waals surface area contributed by atoms with E-state index in [-0.39, 0.29) is 0 Å². The summed E-state index contributed by atoms with van der Waals surface area (Å²) in [5.74, 6) is 0. The maximum Gasteiger partial charge on any atom is 0.153 e. The van der Waals surface area contributed by atoms with Crippen LogP contribution in [0.15, 0.2) is 41.5 Å². The Morgan fingerprint density at radius 3 is 2.69 bits per heavy atom. The van der Waals surface area contributed by atoms with E-state index in [0.717, 1.165) is 11.3 Å². The Morgan fingerprint density at radius 2 is 2.06 bits per heavy atom. The number of hydrogen-bond donors (Lipinski definition) is 1. The predicted octanol–water partition coefficient (Wildman–Crippen LogP) is 3.31. The third-order valence-corrected chi connectivity index (χ3v) is 2.88. The molecule has 4 heteroatoms. The van der Waals surface area contributed by atoms with Crippen LogP contribution in [-0.4, -0.2) is 16.3 Å². The van der Waals surface area contributed by atoms with Gasteiger partial charge in [-0.2, -0.15) is 5.10 Å². The molecule has 0 fully saturated rings. The summed E-state index contributed by atoms with van der Waals surface area (Å²) in [6, 6.07) is 10.1. The summed E-state index contributed by atoms with van der Waals surface area (Å²) in [6.45, 7) is 1.93. The van der Waals surface area contributed by atoms with Gasteiger partial charge in [0.1, 0.15) is 0 Å². The number of hydrazone groups is 1. The SMILES string of the molecule is CSC(=S)N/N=C(C)\C=C\c1ccccc1. The summed E-state index contributed by atoms with van der Waals surface area (Å²) < 4.78 is 0.674. The molecule has 0 radical (unpaired) electrons. The van der Waals surface area contributed by atoms with E-state index >= 15 is 0 Å². The van der Waals surface area contributed by atoms with Crippen molar-refractivity contribution in [2.45, 2.75) is 6.92 Å². The first kappa shape index (κ1) is 12.9. The lowest BCUT2D eigenvalue weighted by Crippen LogP contribution is -2.11. The maximum atomic E-state index is 4.97. The van der Waals surface area contributed by atoms with E-state index in [1.807, 2.05) is 55.7 Å². The van der Waals surface area contributed by atoms with Crippen LogP contribution in [0.5, 0.6) is 0 Å². The molecule has 0 heterocycles. The van der Waals surface area contributed by atoms with Crippen molar-refractivity contribution in [1.82, 2.24) is 5.43 Å². The number of allylic oxidation sites excluding steroid dienone is 1. The molecule has 1 rings (SSSR count). The number of nitrogens with one attached hydrogen (secondary N) is 1. The molecule has 0 aliphatic rings. The summed E-state index contributed by atoms with van der Waals surface area (Å²) in [5.41, 5.74) is 4.85. The molecule has 0 aliphatic carbocycles. The fourth-order valence-corrected chi connectivity index (χ4v) is 1.18. The van der Waals surface area contributed by atoms with Gasteiger partial charge in [0.15, 0.2) is 4.32 Å². The highest BCUT2D eigenvalue weighted by Crippen LogP contribution is 2.01. The molecule has 0 spiro atoms. The van der Waals surface area contributed by atoms with Crippen LogP contribution in [0, 0.1) is 0 Å². The van der Waals surface area contributed by atoms with E-state index in [9.17, 15) is 0 Å². The molecule has 16 heavy (non-hydrogen) atoms. The summed E-state index contributed by atoms with van der Waals surface area (Å²) in [5, 5.41) is 4.13. The van der Waals surface area contributed by atoms with Crippen LogP contribution < -0.4 is 5.43 Å². The van der Waals surface area contributed by atoms with Crippen molar-refractivity contribution in [3.63, 3.8) is 0 Å². The minimum absolute atomic E-state index is 0.674. The molecule has 1 N–H and O–H groups in total. The third-order valence-electron chi connectivity index (χ3n) is 1.83. The zero-order valence-corrected chi connectivity index (χ0v) is 10.9. The van der Waals surface area contributed by atoms with Crippen LogP contribution in [-0.2, 0) is 0 Å². The normalized spacial score (nSPS) is 11.8. The standard InChI is InChI=1S/C12H14N2S2/c1-10(13-14-12(15)16-2)8-9-11-6-4-3-5-7-11/h3-9H,1-2H3,(H,14,15)/b9-8+,13-10-. The Morgan fingerprint density at radius 1 is 1.38 bits per heavy atom. The highest BCUT2D eigenvalue weighted by molar-refractivity contribution is 8.22. The molecule has 0 aliphatic heterocycles. The van der Waals surface area contributed by atoms with E-state index in [1.165, 1.54) is 11.8 Å². The van der Waals surface area contributed by atoms with Crippen molar-refractivity contribution in [1.29, 1.82) is 0 Å². The zero-order valence-electron chi connectivity index (χ0n) is 9.31. The quantitative estimate of drug-likeness (QED) is 0.506. The van der Waals surface area contributed by atoms with Crippen molar-refractivity contribution in [3.8, 4) is 0 Å². The number of rotatable bonds is 3. The van der Waals surface area contributed by atoms with Crippen molar-refractivity contribution in [3.05, 3.63) is 42.0 Å². The zero-order chi connectivity index (χ0) is 11.8. The summed E-state index contributed by atoms with van der Waals surface area (Å²) in [4.78, 5) is 0. The average molecular weight is 250 g/mol. The molecule has 0 bridgehead atoms. The molecule has 0 unspecified atom stereocenters. The van der Waals surface area contributed by atoms with E-state index in [1.54, 1.807) is 0 Å². The highest BCUT2D eigenvalue weighted by Gasteiger charge is 1.89. The van der Waals surface area contributed by atoms with Crippen LogP contribution in [0.4, 0.5) is 0 Å². The lowest BCUT2D eigenvalue weighted by atomic mass is 10.2. The average Bonchev–Trinajstić information content (AvgIpc) is 2.34. The van der Waals surface area contributed by atoms with E-state index in [2.05, 4.69) is 10.5 Å². The van der Waals surface area contributed by atoms with Crippen molar-refractivity contribution in [2.24, 2.45) is 5.10 Å². The summed E-state index contributed by atoms with van der Waals surface area (Å²) >= 11 is 6.44. The van der Waals surface area contributed by atoms with Gasteiger partial charge in [-0.25, -0.2) is 0 Å². The Kier molecular flexibility index (Phi) is 5.82. The van der Waals surface area contributed by atoms with Gasteiger partial charge < -0.3 is 0 Å². The number of thiocarbonyl (C=S) groups is 1. The molecule has 0 atom stereocenters. The summed E-state index contributed by atoms with van der Waals surface area (Å²) in [6.07, 6.45) is 5.88. The third kappa shape index (κ3) is 5.09. The minimum atomic E-state index is 0.674.